The average Bonchev–Trinajstić information content (AvgIpc) is 2.49. The lowest BCUT2D eigenvalue weighted by Gasteiger charge is -2.34. The Kier molecular flexibility index (Phi) is 5.49. The van der Waals surface area contributed by atoms with E-state index >= 15 is 0 Å². The molecule has 0 aromatic rings. The summed E-state index contributed by atoms with van der Waals surface area (Å²) in [7, 11) is 1.80. The Balaban J connectivity index is 0.000000461. The maximum atomic E-state index is 5.13. The molecule has 2 unspecified atom stereocenters. The fourth-order valence-electron chi connectivity index (χ4n) is 2.79. The zero-order valence-electron chi connectivity index (χ0n) is 9.96. The lowest BCUT2D eigenvalue weighted by molar-refractivity contribution is 0.0908. The highest BCUT2D eigenvalue weighted by molar-refractivity contribution is 4.91. The molecule has 0 amide bonds. The van der Waals surface area contributed by atoms with Gasteiger partial charge in [-0.3, -0.25) is 4.90 Å². The fourth-order valence-corrected chi connectivity index (χ4v) is 2.79. The van der Waals surface area contributed by atoms with Gasteiger partial charge in [-0.25, -0.2) is 0 Å². The second kappa shape index (κ2) is 6.41. The minimum Gasteiger partial charge on any atom is -0.383 e. The largest absolute Gasteiger partial charge is 0.383 e. The van der Waals surface area contributed by atoms with Crippen LogP contribution in [0.25, 0.3) is 0 Å². The highest BCUT2D eigenvalue weighted by Gasteiger charge is 2.35. The van der Waals surface area contributed by atoms with Gasteiger partial charge in [0.15, 0.2) is 0 Å². The second-order valence-electron chi connectivity index (χ2n) is 4.05. The Bertz CT molecular complexity index is 133. The summed E-state index contributed by atoms with van der Waals surface area (Å²) < 4.78 is 5.13. The van der Waals surface area contributed by atoms with Crippen molar-refractivity contribution in [2.24, 2.45) is 0 Å². The van der Waals surface area contributed by atoms with Crippen LogP contribution in [0.15, 0.2) is 0 Å². The van der Waals surface area contributed by atoms with Crippen molar-refractivity contribution in [3.63, 3.8) is 0 Å². The monoisotopic (exact) mass is 199 g/mol. The van der Waals surface area contributed by atoms with Crippen molar-refractivity contribution < 1.29 is 4.74 Å². The summed E-state index contributed by atoms with van der Waals surface area (Å²) in [6.07, 6.45) is 7.20. The van der Waals surface area contributed by atoms with Crippen LogP contribution >= 0.6 is 0 Å². The van der Waals surface area contributed by atoms with Crippen LogP contribution in [-0.4, -0.2) is 37.2 Å². The van der Waals surface area contributed by atoms with Crippen molar-refractivity contribution in [2.45, 2.75) is 58.0 Å². The molecule has 0 radical (unpaired) electrons. The average molecular weight is 199 g/mol. The normalized spacial score (nSPS) is 31.1. The molecular weight excluding hydrogens is 174 g/mol. The van der Waals surface area contributed by atoms with Crippen molar-refractivity contribution in [2.75, 3.05) is 20.3 Å². The van der Waals surface area contributed by atoms with Crippen LogP contribution in [0, 0.1) is 0 Å². The van der Waals surface area contributed by atoms with E-state index in [0.717, 1.165) is 25.2 Å². The standard InChI is InChI=1S/C10H19NO.C2H6/c1-12-8-7-11-9-3-2-4-10(11)6-5-9;1-2/h9-10H,2-8H2,1H3;1-2H3. The molecule has 2 bridgehead atoms. The predicted molar refractivity (Wildman–Crippen MR) is 60.6 cm³/mol. The van der Waals surface area contributed by atoms with E-state index in [0.29, 0.717) is 0 Å². The van der Waals surface area contributed by atoms with Crippen molar-refractivity contribution >= 4 is 0 Å². The molecule has 0 aromatic carbocycles. The fraction of sp³-hybridized carbons (Fsp3) is 1.00. The van der Waals surface area contributed by atoms with E-state index in [1.807, 2.05) is 13.8 Å². The molecule has 2 heterocycles. The summed E-state index contributed by atoms with van der Waals surface area (Å²) in [6.45, 7) is 6.07. The van der Waals surface area contributed by atoms with Crippen LogP contribution in [0.1, 0.15) is 46.0 Å². The van der Waals surface area contributed by atoms with Gasteiger partial charge in [0.05, 0.1) is 6.61 Å². The molecule has 2 aliphatic heterocycles. The van der Waals surface area contributed by atoms with Crippen LogP contribution < -0.4 is 0 Å². The van der Waals surface area contributed by atoms with Crippen LogP contribution in [0.2, 0.25) is 0 Å². The van der Waals surface area contributed by atoms with E-state index in [9.17, 15) is 0 Å². The summed E-state index contributed by atoms with van der Waals surface area (Å²) >= 11 is 0. The number of hydrogen-bond donors (Lipinski definition) is 0. The quantitative estimate of drug-likeness (QED) is 0.693. The van der Waals surface area contributed by atoms with Crippen molar-refractivity contribution in [1.82, 2.24) is 4.90 Å². The molecule has 2 nitrogen and oxygen atoms in total. The molecule has 2 fully saturated rings. The predicted octanol–water partition coefficient (Wildman–Crippen LogP) is 2.68. The van der Waals surface area contributed by atoms with Gasteiger partial charge in [0.1, 0.15) is 0 Å². The first-order valence-corrected chi connectivity index (χ1v) is 6.16. The maximum Gasteiger partial charge on any atom is 0.0589 e. The smallest absolute Gasteiger partial charge is 0.0589 e. The summed E-state index contributed by atoms with van der Waals surface area (Å²) in [5, 5.41) is 0. The molecule has 84 valence electrons. The summed E-state index contributed by atoms with van der Waals surface area (Å²) in [4.78, 5) is 2.67. The Hall–Kier alpha value is -0.0800. The van der Waals surface area contributed by atoms with Gasteiger partial charge < -0.3 is 4.74 Å². The first-order valence-electron chi connectivity index (χ1n) is 6.16. The number of nitrogens with zero attached hydrogens (tertiary/aromatic N) is 1. The topological polar surface area (TPSA) is 12.5 Å². The molecule has 2 heteroatoms. The Labute approximate surface area is 88.6 Å². The van der Waals surface area contributed by atoms with Crippen molar-refractivity contribution in [3.05, 3.63) is 0 Å². The van der Waals surface area contributed by atoms with E-state index in [1.54, 1.807) is 7.11 Å². The van der Waals surface area contributed by atoms with Gasteiger partial charge in [-0.05, 0) is 25.7 Å². The van der Waals surface area contributed by atoms with Gasteiger partial charge in [0.2, 0.25) is 0 Å². The number of methoxy groups -OCH3 is 1. The number of hydrogen-bond acceptors (Lipinski definition) is 2. The lowest BCUT2D eigenvalue weighted by atomic mass is 10.0. The van der Waals surface area contributed by atoms with Gasteiger partial charge in [0, 0.05) is 25.7 Å². The molecule has 0 aliphatic carbocycles. The van der Waals surface area contributed by atoms with Crippen LogP contribution in [0.3, 0.4) is 0 Å². The van der Waals surface area contributed by atoms with Gasteiger partial charge >= 0.3 is 0 Å². The van der Waals surface area contributed by atoms with E-state index < -0.39 is 0 Å². The van der Waals surface area contributed by atoms with Gasteiger partial charge in [-0.15, -0.1) is 0 Å². The first kappa shape index (κ1) is 12.0. The van der Waals surface area contributed by atoms with E-state index in [2.05, 4.69) is 4.90 Å². The summed E-state index contributed by atoms with van der Waals surface area (Å²) in [5.74, 6) is 0. The highest BCUT2D eigenvalue weighted by Crippen LogP contribution is 2.34. The second-order valence-corrected chi connectivity index (χ2v) is 4.05. The van der Waals surface area contributed by atoms with Crippen LogP contribution in [0.5, 0.6) is 0 Å². The third kappa shape index (κ3) is 2.71. The molecule has 0 N–H and O–H groups in total. The number of piperidine rings is 1. The van der Waals surface area contributed by atoms with E-state index in [1.165, 1.54) is 32.1 Å². The van der Waals surface area contributed by atoms with Crippen LogP contribution in [0.4, 0.5) is 0 Å². The molecule has 0 saturated carbocycles. The SMILES string of the molecule is CC.COCCN1C2CCCC1CC2. The Morgan fingerprint density at radius 2 is 1.64 bits per heavy atom. The Morgan fingerprint density at radius 1 is 1.07 bits per heavy atom. The third-order valence-corrected chi connectivity index (χ3v) is 3.40. The third-order valence-electron chi connectivity index (χ3n) is 3.40. The van der Waals surface area contributed by atoms with Crippen molar-refractivity contribution in [3.8, 4) is 0 Å². The molecule has 0 spiro atoms. The molecule has 2 aliphatic rings. The lowest BCUT2D eigenvalue weighted by Crippen LogP contribution is -2.41. The molecular formula is C12H25NO. The first-order chi connectivity index (χ1) is 6.92. The summed E-state index contributed by atoms with van der Waals surface area (Å²) in [5.41, 5.74) is 0. The minimum atomic E-state index is 0.902. The molecule has 2 atom stereocenters. The van der Waals surface area contributed by atoms with Crippen molar-refractivity contribution in [1.29, 1.82) is 0 Å². The highest BCUT2D eigenvalue weighted by atomic mass is 16.5. The van der Waals surface area contributed by atoms with E-state index in [-0.39, 0.29) is 0 Å². The molecule has 0 aromatic heterocycles. The number of ether oxygens (including phenoxy) is 1. The van der Waals surface area contributed by atoms with E-state index in [4.69, 9.17) is 4.74 Å². The molecule has 14 heavy (non-hydrogen) atoms. The molecule has 2 saturated heterocycles. The van der Waals surface area contributed by atoms with Gasteiger partial charge in [0.25, 0.3) is 0 Å². The minimum absolute atomic E-state index is 0.902. The summed E-state index contributed by atoms with van der Waals surface area (Å²) in [6, 6.07) is 1.80. The molecule has 2 rings (SSSR count). The number of rotatable bonds is 3. The zero-order valence-corrected chi connectivity index (χ0v) is 9.96. The maximum absolute atomic E-state index is 5.13. The van der Waals surface area contributed by atoms with Gasteiger partial charge in [-0.2, -0.15) is 0 Å². The Morgan fingerprint density at radius 3 is 2.14 bits per heavy atom. The number of fused-ring (bicyclic) bond motifs is 2. The van der Waals surface area contributed by atoms with Crippen LogP contribution in [-0.2, 0) is 4.74 Å². The zero-order chi connectivity index (χ0) is 10.4. The van der Waals surface area contributed by atoms with Gasteiger partial charge in [-0.1, -0.05) is 20.3 Å².